The molecular formula is C11H15N3O2. The molecule has 1 aromatic rings. The molecule has 0 fully saturated rings. The van der Waals surface area contributed by atoms with Crippen LogP contribution in [0.4, 0.5) is 0 Å². The molecule has 1 aliphatic heterocycles. The Hall–Kier alpha value is -1.65. The van der Waals surface area contributed by atoms with E-state index in [0.717, 1.165) is 6.42 Å². The van der Waals surface area contributed by atoms with Crippen molar-refractivity contribution in [3.63, 3.8) is 0 Å². The van der Waals surface area contributed by atoms with Gasteiger partial charge in [0.1, 0.15) is 12.1 Å². The van der Waals surface area contributed by atoms with Crippen LogP contribution in [0, 0.1) is 5.92 Å². The van der Waals surface area contributed by atoms with Crippen LogP contribution in [0.3, 0.4) is 0 Å². The number of hydrogen-bond acceptors (Lipinski definition) is 4. The summed E-state index contributed by atoms with van der Waals surface area (Å²) in [5.41, 5.74) is 0.711. The molecule has 5 nitrogen and oxygen atoms in total. The van der Waals surface area contributed by atoms with Gasteiger partial charge in [-0.05, 0) is 20.3 Å². The van der Waals surface area contributed by atoms with Crippen LogP contribution in [0.2, 0.25) is 0 Å². The third kappa shape index (κ3) is 1.62. The minimum atomic E-state index is -0.330. The summed E-state index contributed by atoms with van der Waals surface area (Å²) in [6, 6.07) is 0. The van der Waals surface area contributed by atoms with Gasteiger partial charge in [-0.1, -0.05) is 6.92 Å². The quantitative estimate of drug-likeness (QED) is 0.826. The highest BCUT2D eigenvalue weighted by Gasteiger charge is 2.37. The fourth-order valence-corrected chi connectivity index (χ4v) is 1.95. The standard InChI is InChI=1S/C11H15N3O2/c1-4-8-9(15)6(2)7(3)16-10(8)11-12-5-13-14-11/h5,8,10H,4H2,1-3H3,(H,12,13,14). The summed E-state index contributed by atoms with van der Waals surface area (Å²) in [5.74, 6) is 1.27. The van der Waals surface area contributed by atoms with Crippen molar-refractivity contribution in [3.05, 3.63) is 23.5 Å². The maximum absolute atomic E-state index is 12.1. The van der Waals surface area contributed by atoms with Crippen molar-refractivity contribution in [1.29, 1.82) is 0 Å². The molecule has 0 aromatic carbocycles. The molecule has 0 bridgehead atoms. The van der Waals surface area contributed by atoms with E-state index < -0.39 is 0 Å². The predicted molar refractivity (Wildman–Crippen MR) is 57.4 cm³/mol. The highest BCUT2D eigenvalue weighted by molar-refractivity contribution is 5.98. The minimum absolute atomic E-state index is 0.146. The molecule has 5 heteroatoms. The molecular weight excluding hydrogens is 206 g/mol. The molecule has 1 aliphatic rings. The predicted octanol–water partition coefficient (Wildman–Crippen LogP) is 1.77. The maximum Gasteiger partial charge on any atom is 0.172 e. The molecule has 1 aromatic heterocycles. The van der Waals surface area contributed by atoms with E-state index in [0.29, 0.717) is 17.2 Å². The highest BCUT2D eigenvalue weighted by Crippen LogP contribution is 2.36. The SMILES string of the molecule is CCC1C(=O)C(C)=C(C)OC1c1nnc[nH]1. The molecule has 0 saturated carbocycles. The fraction of sp³-hybridized carbons (Fsp3) is 0.545. The summed E-state index contributed by atoms with van der Waals surface area (Å²) in [4.78, 5) is 15.0. The number of hydrogen-bond donors (Lipinski definition) is 1. The lowest BCUT2D eigenvalue weighted by Crippen LogP contribution is -2.30. The number of H-pyrrole nitrogens is 1. The van der Waals surface area contributed by atoms with Crippen molar-refractivity contribution in [1.82, 2.24) is 15.2 Å². The van der Waals surface area contributed by atoms with Gasteiger partial charge in [-0.3, -0.25) is 4.79 Å². The van der Waals surface area contributed by atoms with Crippen LogP contribution in [0.1, 0.15) is 39.1 Å². The molecule has 0 aliphatic carbocycles. The van der Waals surface area contributed by atoms with Crippen molar-refractivity contribution < 1.29 is 9.53 Å². The summed E-state index contributed by atoms with van der Waals surface area (Å²) < 4.78 is 5.74. The first-order chi connectivity index (χ1) is 7.65. The van der Waals surface area contributed by atoms with Crippen LogP contribution < -0.4 is 0 Å². The Balaban J connectivity index is 2.37. The average molecular weight is 221 g/mol. The van der Waals surface area contributed by atoms with Crippen LogP contribution in [-0.4, -0.2) is 21.0 Å². The number of aromatic nitrogens is 3. The number of carbonyl (C=O) groups excluding carboxylic acids is 1. The van der Waals surface area contributed by atoms with Crippen LogP contribution in [0.25, 0.3) is 0 Å². The Bertz CT molecular complexity index is 422. The number of nitrogens with one attached hydrogen (secondary N) is 1. The van der Waals surface area contributed by atoms with Crippen molar-refractivity contribution in [2.45, 2.75) is 33.3 Å². The maximum atomic E-state index is 12.1. The summed E-state index contributed by atoms with van der Waals surface area (Å²) in [5, 5.41) is 7.65. The smallest absolute Gasteiger partial charge is 0.172 e. The van der Waals surface area contributed by atoms with Gasteiger partial charge in [-0.25, -0.2) is 0 Å². The van der Waals surface area contributed by atoms with E-state index in [1.54, 1.807) is 6.92 Å². The van der Waals surface area contributed by atoms with Gasteiger partial charge in [-0.2, -0.15) is 0 Å². The number of aromatic amines is 1. The normalized spacial score (nSPS) is 25.8. The van der Waals surface area contributed by atoms with Crippen LogP contribution in [0.15, 0.2) is 17.7 Å². The number of allylic oxidation sites excluding steroid dienone is 2. The Morgan fingerprint density at radius 3 is 2.81 bits per heavy atom. The number of rotatable bonds is 2. The van der Waals surface area contributed by atoms with Gasteiger partial charge in [0.05, 0.1) is 5.92 Å². The number of ketones is 1. The van der Waals surface area contributed by atoms with E-state index in [-0.39, 0.29) is 17.8 Å². The molecule has 2 atom stereocenters. The Morgan fingerprint density at radius 2 is 2.25 bits per heavy atom. The topological polar surface area (TPSA) is 67.9 Å². The van der Waals surface area contributed by atoms with E-state index >= 15 is 0 Å². The van der Waals surface area contributed by atoms with Gasteiger partial charge in [0.15, 0.2) is 17.7 Å². The van der Waals surface area contributed by atoms with Gasteiger partial charge < -0.3 is 9.72 Å². The van der Waals surface area contributed by atoms with Gasteiger partial charge in [0.25, 0.3) is 0 Å². The van der Waals surface area contributed by atoms with Crippen LogP contribution in [-0.2, 0) is 9.53 Å². The zero-order valence-electron chi connectivity index (χ0n) is 9.65. The third-order valence-electron chi connectivity index (χ3n) is 3.05. The number of carbonyl (C=O) groups is 1. The van der Waals surface area contributed by atoms with Crippen molar-refractivity contribution in [2.75, 3.05) is 0 Å². The number of Topliss-reactive ketones (excluding diaryl/α,β-unsaturated/α-hetero) is 1. The second kappa shape index (κ2) is 4.08. The van der Waals surface area contributed by atoms with Crippen LogP contribution >= 0.6 is 0 Å². The van der Waals surface area contributed by atoms with E-state index in [9.17, 15) is 4.79 Å². The highest BCUT2D eigenvalue weighted by atomic mass is 16.5. The molecule has 1 N–H and O–H groups in total. The monoisotopic (exact) mass is 221 g/mol. The van der Waals surface area contributed by atoms with Gasteiger partial charge in [0.2, 0.25) is 0 Å². The zero-order valence-corrected chi connectivity index (χ0v) is 9.65. The van der Waals surface area contributed by atoms with E-state index in [4.69, 9.17) is 4.74 Å². The molecule has 0 spiro atoms. The molecule has 0 saturated heterocycles. The Morgan fingerprint density at radius 1 is 1.50 bits per heavy atom. The molecule has 0 radical (unpaired) electrons. The molecule has 2 heterocycles. The van der Waals surface area contributed by atoms with Gasteiger partial charge in [-0.15, -0.1) is 10.2 Å². The van der Waals surface area contributed by atoms with Crippen molar-refractivity contribution in [3.8, 4) is 0 Å². The lowest BCUT2D eigenvalue weighted by atomic mass is 9.87. The first kappa shape index (κ1) is 10.9. The third-order valence-corrected chi connectivity index (χ3v) is 3.05. The molecule has 2 unspecified atom stereocenters. The molecule has 86 valence electrons. The zero-order chi connectivity index (χ0) is 11.7. The van der Waals surface area contributed by atoms with Gasteiger partial charge in [0, 0.05) is 5.57 Å². The second-order valence-electron chi connectivity index (χ2n) is 3.97. The molecule has 0 amide bonds. The van der Waals surface area contributed by atoms with E-state index in [1.807, 2.05) is 13.8 Å². The summed E-state index contributed by atoms with van der Waals surface area (Å²) >= 11 is 0. The first-order valence-corrected chi connectivity index (χ1v) is 5.39. The Kier molecular flexibility index (Phi) is 2.77. The fourth-order valence-electron chi connectivity index (χ4n) is 1.95. The largest absolute Gasteiger partial charge is 0.486 e. The minimum Gasteiger partial charge on any atom is -0.486 e. The second-order valence-corrected chi connectivity index (χ2v) is 3.97. The van der Waals surface area contributed by atoms with Crippen molar-refractivity contribution in [2.24, 2.45) is 5.92 Å². The van der Waals surface area contributed by atoms with E-state index in [1.165, 1.54) is 6.33 Å². The summed E-state index contributed by atoms with van der Waals surface area (Å²) in [7, 11) is 0. The average Bonchev–Trinajstić information content (AvgIpc) is 2.79. The molecule has 16 heavy (non-hydrogen) atoms. The van der Waals surface area contributed by atoms with Crippen LogP contribution in [0.5, 0.6) is 0 Å². The van der Waals surface area contributed by atoms with Gasteiger partial charge >= 0.3 is 0 Å². The van der Waals surface area contributed by atoms with Crippen molar-refractivity contribution >= 4 is 5.78 Å². The first-order valence-electron chi connectivity index (χ1n) is 5.39. The summed E-state index contributed by atoms with van der Waals surface area (Å²) in [6.07, 6.45) is 1.90. The number of ether oxygens (including phenoxy) is 1. The van der Waals surface area contributed by atoms with E-state index in [2.05, 4.69) is 15.2 Å². The summed E-state index contributed by atoms with van der Waals surface area (Å²) in [6.45, 7) is 5.59. The lowest BCUT2D eigenvalue weighted by Gasteiger charge is -2.30. The Labute approximate surface area is 93.9 Å². The molecule has 2 rings (SSSR count). The lowest BCUT2D eigenvalue weighted by molar-refractivity contribution is -0.126. The number of nitrogens with zero attached hydrogens (tertiary/aromatic N) is 2.